The molecule has 0 aliphatic rings. The average Bonchev–Trinajstić information content (AvgIpc) is 3.40. The number of pyridine rings is 1. The number of aryl methyl sites for hydroxylation is 1. The van der Waals surface area contributed by atoms with E-state index >= 15 is 0 Å². The first kappa shape index (κ1) is 21.3. The summed E-state index contributed by atoms with van der Waals surface area (Å²) in [4.78, 5) is 35.0. The van der Waals surface area contributed by atoms with Crippen molar-refractivity contribution in [3.63, 3.8) is 0 Å². The van der Waals surface area contributed by atoms with E-state index in [2.05, 4.69) is 20.4 Å². The monoisotopic (exact) mass is 450 g/mol. The van der Waals surface area contributed by atoms with E-state index in [0.29, 0.717) is 22.2 Å². The van der Waals surface area contributed by atoms with Crippen molar-refractivity contribution in [2.75, 3.05) is 19.4 Å². The molecule has 0 bridgehead atoms. The average molecular weight is 450 g/mol. The molecule has 0 aliphatic heterocycles. The molecule has 8 nitrogen and oxygen atoms in total. The number of thiazole rings is 1. The second-order valence-corrected chi connectivity index (χ2v) is 8.01. The van der Waals surface area contributed by atoms with Gasteiger partial charge in [-0.3, -0.25) is 19.9 Å². The Labute approximate surface area is 187 Å². The minimum absolute atomic E-state index is 0.0619. The molecule has 0 spiro atoms. The van der Waals surface area contributed by atoms with E-state index in [0.717, 1.165) is 6.07 Å². The lowest BCUT2D eigenvalue weighted by molar-refractivity contribution is 0.0826. The van der Waals surface area contributed by atoms with Crippen molar-refractivity contribution >= 4 is 28.3 Å². The van der Waals surface area contributed by atoms with Crippen LogP contribution in [-0.4, -0.2) is 50.6 Å². The molecule has 10 heteroatoms. The summed E-state index contributed by atoms with van der Waals surface area (Å²) >= 11 is 1.26. The van der Waals surface area contributed by atoms with E-state index in [1.165, 1.54) is 33.1 Å². The Bertz CT molecular complexity index is 1300. The van der Waals surface area contributed by atoms with Crippen molar-refractivity contribution in [3.8, 4) is 17.1 Å². The zero-order valence-electron chi connectivity index (χ0n) is 17.5. The number of amides is 2. The fourth-order valence-electron chi connectivity index (χ4n) is 3.04. The van der Waals surface area contributed by atoms with Gasteiger partial charge in [0, 0.05) is 31.2 Å². The number of hydrogen-bond acceptors (Lipinski definition) is 6. The van der Waals surface area contributed by atoms with Crippen LogP contribution in [0.5, 0.6) is 0 Å². The highest BCUT2D eigenvalue weighted by atomic mass is 32.1. The highest BCUT2D eigenvalue weighted by molar-refractivity contribution is 7.14. The molecule has 32 heavy (non-hydrogen) atoms. The van der Waals surface area contributed by atoms with Crippen molar-refractivity contribution < 1.29 is 14.0 Å². The largest absolute Gasteiger partial charge is 0.345 e. The van der Waals surface area contributed by atoms with Gasteiger partial charge in [0.2, 0.25) is 0 Å². The van der Waals surface area contributed by atoms with E-state index in [1.54, 1.807) is 38.7 Å². The van der Waals surface area contributed by atoms with Gasteiger partial charge in [0.05, 0.1) is 11.4 Å². The maximum Gasteiger partial charge on any atom is 0.276 e. The van der Waals surface area contributed by atoms with Gasteiger partial charge in [0.1, 0.15) is 22.9 Å². The van der Waals surface area contributed by atoms with E-state index in [9.17, 15) is 14.0 Å². The quantitative estimate of drug-likeness (QED) is 0.499. The number of carbonyl (C=O) groups is 2. The highest BCUT2D eigenvalue weighted by Gasteiger charge is 2.20. The number of carbonyl (C=O) groups excluding carboxylic acids is 2. The van der Waals surface area contributed by atoms with Gasteiger partial charge in [-0.15, -0.1) is 11.3 Å². The summed E-state index contributed by atoms with van der Waals surface area (Å²) < 4.78 is 16.1. The Morgan fingerprint density at radius 2 is 1.94 bits per heavy atom. The summed E-state index contributed by atoms with van der Waals surface area (Å²) in [5.41, 5.74) is 2.28. The van der Waals surface area contributed by atoms with Gasteiger partial charge in [-0.1, -0.05) is 6.07 Å². The Hall–Kier alpha value is -3.92. The number of nitrogens with one attached hydrogen (secondary N) is 1. The lowest BCUT2D eigenvalue weighted by Crippen LogP contribution is -2.22. The summed E-state index contributed by atoms with van der Waals surface area (Å²) in [6.07, 6.45) is 1.67. The van der Waals surface area contributed by atoms with Crippen LogP contribution >= 0.6 is 11.3 Å². The van der Waals surface area contributed by atoms with E-state index in [1.807, 2.05) is 18.2 Å². The minimum atomic E-state index is -0.665. The second kappa shape index (κ2) is 8.67. The van der Waals surface area contributed by atoms with Crippen molar-refractivity contribution in [2.24, 2.45) is 0 Å². The fraction of sp³-hybridized carbons (Fsp3) is 0.136. The molecule has 0 unspecified atom stereocenters. The Morgan fingerprint density at radius 3 is 2.62 bits per heavy atom. The number of nitrogens with zero attached hydrogens (tertiary/aromatic N) is 5. The van der Waals surface area contributed by atoms with Gasteiger partial charge in [-0.25, -0.2) is 14.1 Å². The number of rotatable bonds is 5. The summed E-state index contributed by atoms with van der Waals surface area (Å²) in [6, 6.07) is 11.1. The van der Waals surface area contributed by atoms with Crippen LogP contribution in [0.3, 0.4) is 0 Å². The number of aromatic nitrogens is 4. The van der Waals surface area contributed by atoms with E-state index in [-0.39, 0.29) is 22.9 Å². The summed E-state index contributed by atoms with van der Waals surface area (Å²) in [6.45, 7) is 1.71. The van der Waals surface area contributed by atoms with Gasteiger partial charge in [-0.2, -0.15) is 5.10 Å². The minimum Gasteiger partial charge on any atom is -0.345 e. The Kier molecular flexibility index (Phi) is 5.78. The molecule has 3 aromatic heterocycles. The van der Waals surface area contributed by atoms with Gasteiger partial charge in [0.15, 0.2) is 5.13 Å². The van der Waals surface area contributed by atoms with Crippen molar-refractivity contribution in [3.05, 3.63) is 76.8 Å². The molecule has 0 aliphatic carbocycles. The van der Waals surface area contributed by atoms with Gasteiger partial charge < -0.3 is 4.90 Å². The molecule has 1 N–H and O–H groups in total. The molecule has 4 rings (SSSR count). The van der Waals surface area contributed by atoms with Crippen LogP contribution in [0.25, 0.3) is 17.1 Å². The third kappa shape index (κ3) is 4.26. The van der Waals surface area contributed by atoms with Crippen LogP contribution in [0.1, 0.15) is 26.5 Å². The van der Waals surface area contributed by atoms with Crippen molar-refractivity contribution in [1.82, 2.24) is 24.6 Å². The van der Waals surface area contributed by atoms with Crippen LogP contribution < -0.4 is 5.32 Å². The predicted octanol–water partition coefficient (Wildman–Crippen LogP) is 3.79. The first-order chi connectivity index (χ1) is 15.3. The van der Waals surface area contributed by atoms with Crippen LogP contribution in [0.2, 0.25) is 0 Å². The molecule has 0 atom stereocenters. The van der Waals surface area contributed by atoms with Crippen LogP contribution in [0.4, 0.5) is 9.52 Å². The molecule has 1 aromatic carbocycles. The molecule has 162 valence electrons. The first-order valence-corrected chi connectivity index (χ1v) is 10.5. The molecular formula is C22H19FN6O2S. The molecule has 4 aromatic rings. The van der Waals surface area contributed by atoms with Crippen molar-refractivity contribution in [1.29, 1.82) is 0 Å². The summed E-state index contributed by atoms with van der Waals surface area (Å²) in [5, 5.41) is 9.17. The molecule has 3 heterocycles. The summed E-state index contributed by atoms with van der Waals surface area (Å²) in [5.74, 6) is -1.47. The number of benzene rings is 1. The number of hydrogen-bond donors (Lipinski definition) is 1. The third-order valence-corrected chi connectivity index (χ3v) is 5.30. The van der Waals surface area contributed by atoms with E-state index < -0.39 is 11.7 Å². The highest BCUT2D eigenvalue weighted by Crippen LogP contribution is 2.24. The standard InChI is InChI=1S/C22H19FN6O2S/c1-13-10-19(20(30)26-22-25-17(12-32-22)16-6-4-5-9-24-16)29(27-13)18-8-7-14(11-15(18)23)21(31)28(2)3/h4-12H,1-3H3,(H,25,26,30). The Balaban J connectivity index is 1.61. The molecule has 0 saturated carbocycles. The number of halogens is 1. The molecule has 0 radical (unpaired) electrons. The Morgan fingerprint density at radius 1 is 1.12 bits per heavy atom. The number of anilines is 1. The van der Waals surface area contributed by atoms with Crippen molar-refractivity contribution in [2.45, 2.75) is 6.92 Å². The fourth-order valence-corrected chi connectivity index (χ4v) is 3.74. The van der Waals surface area contributed by atoms with Gasteiger partial charge >= 0.3 is 0 Å². The lowest BCUT2D eigenvalue weighted by atomic mass is 10.1. The maximum absolute atomic E-state index is 14.8. The van der Waals surface area contributed by atoms with Crippen LogP contribution in [0.15, 0.2) is 54.0 Å². The van der Waals surface area contributed by atoms with Gasteiger partial charge in [0.25, 0.3) is 11.8 Å². The topological polar surface area (TPSA) is 93.0 Å². The smallest absolute Gasteiger partial charge is 0.276 e. The predicted molar refractivity (Wildman–Crippen MR) is 120 cm³/mol. The van der Waals surface area contributed by atoms with Crippen LogP contribution in [0, 0.1) is 12.7 Å². The zero-order chi connectivity index (χ0) is 22.8. The zero-order valence-corrected chi connectivity index (χ0v) is 18.4. The summed E-state index contributed by atoms with van der Waals surface area (Å²) in [7, 11) is 3.18. The third-order valence-electron chi connectivity index (χ3n) is 4.55. The lowest BCUT2D eigenvalue weighted by Gasteiger charge is -2.12. The van der Waals surface area contributed by atoms with Crippen LogP contribution in [-0.2, 0) is 0 Å². The molecular weight excluding hydrogens is 431 g/mol. The second-order valence-electron chi connectivity index (χ2n) is 7.16. The molecule has 0 saturated heterocycles. The first-order valence-electron chi connectivity index (χ1n) is 9.60. The van der Waals surface area contributed by atoms with E-state index in [4.69, 9.17) is 0 Å². The van der Waals surface area contributed by atoms with Gasteiger partial charge in [-0.05, 0) is 43.3 Å². The normalized spacial score (nSPS) is 10.8. The maximum atomic E-state index is 14.8. The molecule has 0 fully saturated rings. The molecule has 2 amide bonds. The SMILES string of the molecule is Cc1cc(C(=O)Nc2nc(-c3ccccn3)cs2)n(-c2ccc(C(=O)N(C)C)cc2F)n1.